The van der Waals surface area contributed by atoms with Crippen LogP contribution in [0.15, 0.2) is 0 Å². The Kier molecular flexibility index (Phi) is 22.0. The third-order valence-corrected chi connectivity index (χ3v) is 6.92. The van der Waals surface area contributed by atoms with Crippen LogP contribution in [0.2, 0.25) is 0 Å². The average Bonchev–Trinajstić information content (AvgIpc) is 2.70. The Morgan fingerprint density at radius 2 is 0.750 bits per heavy atom. The summed E-state index contributed by atoms with van der Waals surface area (Å²) in [5.74, 6) is 0. The van der Waals surface area contributed by atoms with Crippen molar-refractivity contribution in [2.75, 3.05) is 6.61 Å². The molecule has 0 bridgehead atoms. The fraction of sp³-hybridized carbons (Fsp3) is 1.00. The summed E-state index contributed by atoms with van der Waals surface area (Å²) in [5, 5.41) is 0. The van der Waals surface area contributed by atoms with Gasteiger partial charge >= 0.3 is 0 Å². The second-order valence-corrected chi connectivity index (χ2v) is 10.1. The van der Waals surface area contributed by atoms with Crippen molar-refractivity contribution in [1.82, 2.24) is 0 Å². The molecule has 0 atom stereocenters. The molecule has 0 fully saturated rings. The Bertz CT molecular complexity index is 251. The first kappa shape index (κ1) is 28.2. The Morgan fingerprint density at radius 1 is 0.464 bits per heavy atom. The summed E-state index contributed by atoms with van der Waals surface area (Å²) in [5.41, 5.74) is 0.502. The maximum Gasteiger partial charge on any atom is 0.145 e. The van der Waals surface area contributed by atoms with Crippen LogP contribution in [0.5, 0.6) is 0 Å². The Hall–Kier alpha value is 0.177. The molecule has 0 aromatic rings. The molecule has 2 heteroatoms. The van der Waals surface area contributed by atoms with Gasteiger partial charge in [0.05, 0.1) is 0 Å². The molecular formula is C26H56OSi. The largest absolute Gasteiger partial charge is 0.427 e. The Labute approximate surface area is 182 Å². The highest BCUT2D eigenvalue weighted by Crippen LogP contribution is 2.37. The van der Waals surface area contributed by atoms with Crippen LogP contribution < -0.4 is 0 Å². The maximum atomic E-state index is 5.93. The van der Waals surface area contributed by atoms with Gasteiger partial charge in [-0.15, -0.1) is 0 Å². The Morgan fingerprint density at radius 3 is 1.04 bits per heavy atom. The zero-order chi connectivity index (χ0) is 20.8. The quantitative estimate of drug-likeness (QED) is 0.121. The van der Waals surface area contributed by atoms with Crippen LogP contribution in [0.3, 0.4) is 0 Å². The van der Waals surface area contributed by atoms with Crippen molar-refractivity contribution in [3.8, 4) is 0 Å². The predicted molar refractivity (Wildman–Crippen MR) is 132 cm³/mol. The summed E-state index contributed by atoms with van der Waals surface area (Å²) >= 11 is 0. The van der Waals surface area contributed by atoms with E-state index in [-0.39, 0.29) is 0 Å². The van der Waals surface area contributed by atoms with Crippen LogP contribution in [0.25, 0.3) is 0 Å². The van der Waals surface area contributed by atoms with E-state index in [0.717, 1.165) is 17.1 Å². The summed E-state index contributed by atoms with van der Waals surface area (Å²) < 4.78 is 5.93. The summed E-state index contributed by atoms with van der Waals surface area (Å²) in [6, 6.07) is 0. The maximum absolute atomic E-state index is 5.93. The number of unbranched alkanes of at least 4 members (excludes halogenated alkanes) is 15. The van der Waals surface area contributed by atoms with Crippen molar-refractivity contribution >= 4 is 10.5 Å². The van der Waals surface area contributed by atoms with Crippen molar-refractivity contribution in [2.24, 2.45) is 5.41 Å². The van der Waals surface area contributed by atoms with E-state index in [1.165, 1.54) is 135 Å². The molecule has 0 aliphatic heterocycles. The van der Waals surface area contributed by atoms with E-state index in [2.05, 4.69) is 20.8 Å². The first-order chi connectivity index (χ1) is 13.7. The predicted octanol–water partition coefficient (Wildman–Crippen LogP) is 8.52. The van der Waals surface area contributed by atoms with E-state index in [1.807, 2.05) is 0 Å². The van der Waals surface area contributed by atoms with E-state index < -0.39 is 0 Å². The lowest BCUT2D eigenvalue weighted by atomic mass is 9.74. The number of rotatable bonds is 23. The van der Waals surface area contributed by atoms with Gasteiger partial charge in [-0.3, -0.25) is 0 Å². The van der Waals surface area contributed by atoms with Crippen LogP contribution in [-0.2, 0) is 4.43 Å². The Balaban J connectivity index is 4.39. The molecular weight excluding hydrogens is 356 g/mol. The average molecular weight is 413 g/mol. The minimum Gasteiger partial charge on any atom is -0.427 e. The molecule has 0 saturated carbocycles. The van der Waals surface area contributed by atoms with Crippen LogP contribution >= 0.6 is 0 Å². The van der Waals surface area contributed by atoms with E-state index >= 15 is 0 Å². The zero-order valence-electron chi connectivity index (χ0n) is 20.5. The van der Waals surface area contributed by atoms with Gasteiger partial charge in [0.2, 0.25) is 0 Å². The van der Waals surface area contributed by atoms with Gasteiger partial charge in [-0.2, -0.15) is 0 Å². The molecule has 0 saturated heterocycles. The topological polar surface area (TPSA) is 9.23 Å². The summed E-state index contributed by atoms with van der Waals surface area (Å²) in [6.45, 7) is 8.00. The second-order valence-electron chi connectivity index (χ2n) is 9.49. The monoisotopic (exact) mass is 412 g/mol. The molecule has 0 aliphatic carbocycles. The van der Waals surface area contributed by atoms with Gasteiger partial charge in [-0.1, -0.05) is 136 Å². The lowest BCUT2D eigenvalue weighted by Gasteiger charge is -2.34. The minimum atomic E-state index is 0.502. The highest BCUT2D eigenvalue weighted by molar-refractivity contribution is 5.97. The van der Waals surface area contributed by atoms with Gasteiger partial charge in [0.1, 0.15) is 10.5 Å². The van der Waals surface area contributed by atoms with Gasteiger partial charge < -0.3 is 4.43 Å². The highest BCUT2D eigenvalue weighted by Gasteiger charge is 2.28. The number of hydrogen-bond acceptors (Lipinski definition) is 1. The summed E-state index contributed by atoms with van der Waals surface area (Å²) in [6.07, 6.45) is 29.9. The minimum absolute atomic E-state index is 0.502. The summed E-state index contributed by atoms with van der Waals surface area (Å²) in [7, 11) is 0.903. The molecule has 0 spiro atoms. The fourth-order valence-corrected chi connectivity index (χ4v) is 5.35. The van der Waals surface area contributed by atoms with Crippen molar-refractivity contribution in [3.05, 3.63) is 0 Å². The molecule has 0 rings (SSSR count). The second kappa shape index (κ2) is 21.9. The lowest BCUT2D eigenvalue weighted by molar-refractivity contribution is 0.107. The highest BCUT2D eigenvalue weighted by atomic mass is 28.2. The fourth-order valence-electron chi connectivity index (χ4n) is 4.74. The van der Waals surface area contributed by atoms with Gasteiger partial charge in [0.25, 0.3) is 0 Å². The molecule has 0 aliphatic rings. The van der Waals surface area contributed by atoms with Gasteiger partial charge in [0.15, 0.2) is 0 Å². The van der Waals surface area contributed by atoms with Gasteiger partial charge in [-0.25, -0.2) is 0 Å². The summed E-state index contributed by atoms with van der Waals surface area (Å²) in [4.78, 5) is 0. The molecule has 0 aromatic carbocycles. The molecule has 28 heavy (non-hydrogen) atoms. The van der Waals surface area contributed by atoms with E-state index in [4.69, 9.17) is 4.43 Å². The molecule has 0 amide bonds. The molecule has 0 unspecified atom stereocenters. The lowest BCUT2D eigenvalue weighted by Crippen LogP contribution is -2.27. The van der Waals surface area contributed by atoms with Gasteiger partial charge in [0, 0.05) is 6.61 Å². The molecule has 1 nitrogen and oxygen atoms in total. The van der Waals surface area contributed by atoms with E-state index in [9.17, 15) is 0 Å². The van der Waals surface area contributed by atoms with E-state index in [1.54, 1.807) is 0 Å². The third-order valence-electron chi connectivity index (χ3n) is 6.63. The third kappa shape index (κ3) is 17.1. The zero-order valence-corrected chi connectivity index (χ0v) is 22.5. The van der Waals surface area contributed by atoms with Crippen molar-refractivity contribution in [3.63, 3.8) is 0 Å². The first-order valence-corrected chi connectivity index (χ1v) is 14.0. The van der Waals surface area contributed by atoms with Crippen molar-refractivity contribution in [1.29, 1.82) is 0 Å². The standard InChI is InChI=1S/C26H56OSi/c1-4-7-10-13-16-19-22-26(25-27-28,23-20-17-14-11-8-5-2)24-21-18-15-12-9-6-3/h4-25H2,1-3,28H3. The van der Waals surface area contributed by atoms with Crippen LogP contribution in [-0.4, -0.2) is 17.1 Å². The SMILES string of the molecule is CCCCCCCCC(CCCCCCCC)(CCCCCCCC)CO[SiH3]. The van der Waals surface area contributed by atoms with Crippen LogP contribution in [0.1, 0.15) is 156 Å². The van der Waals surface area contributed by atoms with Crippen molar-refractivity contribution in [2.45, 2.75) is 156 Å². The molecule has 0 radical (unpaired) electrons. The van der Waals surface area contributed by atoms with Crippen LogP contribution in [0.4, 0.5) is 0 Å². The van der Waals surface area contributed by atoms with Gasteiger partial charge in [-0.05, 0) is 24.7 Å². The van der Waals surface area contributed by atoms with Crippen LogP contribution in [0, 0.1) is 5.41 Å². The molecule has 0 heterocycles. The number of hydrogen-bond donors (Lipinski definition) is 0. The van der Waals surface area contributed by atoms with E-state index in [0.29, 0.717) is 5.41 Å². The van der Waals surface area contributed by atoms with Crippen molar-refractivity contribution < 1.29 is 4.43 Å². The molecule has 0 aromatic heterocycles. The molecule has 0 N–H and O–H groups in total. The molecule has 170 valence electrons. The first-order valence-electron chi connectivity index (χ1n) is 13.2. The normalized spacial score (nSPS) is 12.1. The smallest absolute Gasteiger partial charge is 0.145 e.